The molecule has 0 aromatic heterocycles. The molecule has 2 aromatic rings. The molecule has 116 valence electrons. The monoisotopic (exact) mass is 318 g/mol. The lowest BCUT2D eigenvalue weighted by atomic mass is 10.1. The third kappa shape index (κ3) is 5.76. The number of aliphatic hydroxyl groups excluding tert-OH is 1. The highest BCUT2D eigenvalue weighted by Gasteiger charge is 2.07. The van der Waals surface area contributed by atoms with Crippen molar-refractivity contribution in [3.8, 4) is 0 Å². The zero-order valence-corrected chi connectivity index (χ0v) is 12.9. The fourth-order valence-electron chi connectivity index (χ4n) is 2.02. The Kier molecular flexibility index (Phi) is 6.25. The van der Waals surface area contributed by atoms with E-state index >= 15 is 0 Å². The molecule has 0 saturated heterocycles. The van der Waals surface area contributed by atoms with E-state index in [1.807, 2.05) is 42.5 Å². The highest BCUT2D eigenvalue weighted by molar-refractivity contribution is 6.30. The summed E-state index contributed by atoms with van der Waals surface area (Å²) in [5.74, 6) is 0. The van der Waals surface area contributed by atoms with Gasteiger partial charge in [0.05, 0.1) is 6.10 Å². The molecule has 0 radical (unpaired) electrons. The minimum atomic E-state index is -0.608. The van der Waals surface area contributed by atoms with Crippen molar-refractivity contribution in [3.05, 3.63) is 70.7 Å². The van der Waals surface area contributed by atoms with E-state index in [-0.39, 0.29) is 12.6 Å². The molecule has 0 saturated carbocycles. The van der Waals surface area contributed by atoms with Gasteiger partial charge in [-0.15, -0.1) is 0 Å². The lowest BCUT2D eigenvalue weighted by Gasteiger charge is -2.13. The molecule has 2 rings (SSSR count). The number of hydrogen-bond donors (Lipinski definition) is 3. The van der Waals surface area contributed by atoms with Crippen LogP contribution in [0.15, 0.2) is 54.6 Å². The van der Waals surface area contributed by atoms with Crippen molar-refractivity contribution in [2.75, 3.05) is 6.54 Å². The van der Waals surface area contributed by atoms with Crippen LogP contribution in [0.2, 0.25) is 5.02 Å². The van der Waals surface area contributed by atoms with Gasteiger partial charge in [0.25, 0.3) is 0 Å². The molecule has 5 heteroatoms. The maximum atomic E-state index is 11.7. The molecule has 4 nitrogen and oxygen atoms in total. The van der Waals surface area contributed by atoms with Gasteiger partial charge in [0, 0.05) is 24.5 Å². The van der Waals surface area contributed by atoms with Gasteiger partial charge in [-0.1, -0.05) is 54.1 Å². The second kappa shape index (κ2) is 8.41. The van der Waals surface area contributed by atoms with Crippen LogP contribution in [0.3, 0.4) is 0 Å². The Morgan fingerprint density at radius 1 is 1.00 bits per heavy atom. The van der Waals surface area contributed by atoms with Gasteiger partial charge in [0.2, 0.25) is 0 Å². The van der Waals surface area contributed by atoms with E-state index < -0.39 is 6.10 Å². The Bertz CT molecular complexity index is 587. The summed E-state index contributed by atoms with van der Waals surface area (Å²) in [6.45, 7) is 0.624. The molecule has 0 bridgehead atoms. The molecule has 1 atom stereocenters. The second-order valence-electron chi connectivity index (χ2n) is 5.03. The van der Waals surface area contributed by atoms with E-state index in [2.05, 4.69) is 10.6 Å². The summed E-state index contributed by atoms with van der Waals surface area (Å²) in [4.78, 5) is 11.7. The predicted molar refractivity (Wildman–Crippen MR) is 87.8 cm³/mol. The number of hydrogen-bond acceptors (Lipinski definition) is 2. The number of carbonyl (C=O) groups excluding carboxylic acids is 1. The van der Waals surface area contributed by atoms with Crippen LogP contribution in [-0.4, -0.2) is 23.8 Å². The molecule has 0 aliphatic carbocycles. The lowest BCUT2D eigenvalue weighted by molar-refractivity contribution is 0.170. The summed E-state index contributed by atoms with van der Waals surface area (Å²) in [6.07, 6.45) is -0.0955. The van der Waals surface area contributed by atoms with E-state index in [1.165, 1.54) is 0 Å². The molecule has 0 fully saturated rings. The molecule has 22 heavy (non-hydrogen) atoms. The van der Waals surface area contributed by atoms with Gasteiger partial charge in [-0.3, -0.25) is 0 Å². The molecule has 2 aromatic carbocycles. The van der Waals surface area contributed by atoms with Gasteiger partial charge in [0.15, 0.2) is 0 Å². The SMILES string of the molecule is O=C(NCc1ccc(Cl)cc1)NCC(O)Cc1ccccc1. The summed E-state index contributed by atoms with van der Waals surface area (Å²) in [5, 5.41) is 16.0. The lowest BCUT2D eigenvalue weighted by Crippen LogP contribution is -2.39. The average Bonchev–Trinajstić information content (AvgIpc) is 2.53. The first-order chi connectivity index (χ1) is 10.6. The zero-order valence-electron chi connectivity index (χ0n) is 12.1. The second-order valence-corrected chi connectivity index (χ2v) is 5.47. The Balaban J connectivity index is 1.67. The van der Waals surface area contributed by atoms with Crippen LogP contribution in [0.1, 0.15) is 11.1 Å². The summed E-state index contributed by atoms with van der Waals surface area (Å²) in [5.41, 5.74) is 2.00. The smallest absolute Gasteiger partial charge is 0.315 e. The zero-order chi connectivity index (χ0) is 15.8. The van der Waals surface area contributed by atoms with E-state index in [0.717, 1.165) is 11.1 Å². The first kappa shape index (κ1) is 16.3. The minimum Gasteiger partial charge on any atom is -0.391 e. The number of rotatable bonds is 6. The van der Waals surface area contributed by atoms with Crippen LogP contribution < -0.4 is 10.6 Å². The first-order valence-electron chi connectivity index (χ1n) is 7.11. The molecule has 0 aliphatic heterocycles. The third-order valence-corrected chi connectivity index (χ3v) is 3.43. The van der Waals surface area contributed by atoms with Crippen LogP contribution in [0.4, 0.5) is 4.79 Å². The highest BCUT2D eigenvalue weighted by Crippen LogP contribution is 2.09. The molecule has 1 unspecified atom stereocenters. The standard InChI is InChI=1S/C17H19ClN2O2/c18-15-8-6-14(7-9-15)11-19-17(22)20-12-16(21)10-13-4-2-1-3-5-13/h1-9,16,21H,10-12H2,(H2,19,20,22). The molecular weight excluding hydrogens is 300 g/mol. The molecule has 3 N–H and O–H groups in total. The quantitative estimate of drug-likeness (QED) is 0.767. The first-order valence-corrected chi connectivity index (χ1v) is 7.49. The van der Waals surface area contributed by atoms with E-state index in [1.54, 1.807) is 12.1 Å². The Morgan fingerprint density at radius 2 is 1.68 bits per heavy atom. The highest BCUT2D eigenvalue weighted by atomic mass is 35.5. The molecule has 0 heterocycles. The van der Waals surface area contributed by atoms with Crippen molar-refractivity contribution in [2.24, 2.45) is 0 Å². The van der Waals surface area contributed by atoms with Crippen molar-refractivity contribution >= 4 is 17.6 Å². The van der Waals surface area contributed by atoms with Gasteiger partial charge in [-0.25, -0.2) is 4.79 Å². The maximum Gasteiger partial charge on any atom is 0.315 e. The Morgan fingerprint density at radius 3 is 2.36 bits per heavy atom. The molecule has 0 spiro atoms. The molecule has 0 aliphatic rings. The van der Waals surface area contributed by atoms with Gasteiger partial charge in [-0.2, -0.15) is 0 Å². The van der Waals surface area contributed by atoms with Crippen molar-refractivity contribution in [1.82, 2.24) is 10.6 Å². The number of carbonyl (C=O) groups is 1. The number of amides is 2. The number of halogens is 1. The fraction of sp³-hybridized carbons (Fsp3) is 0.235. The van der Waals surface area contributed by atoms with Crippen molar-refractivity contribution < 1.29 is 9.90 Å². The van der Waals surface area contributed by atoms with E-state index in [4.69, 9.17) is 11.6 Å². The normalized spacial score (nSPS) is 11.7. The van der Waals surface area contributed by atoms with Crippen LogP contribution in [0.5, 0.6) is 0 Å². The average molecular weight is 319 g/mol. The number of aliphatic hydroxyl groups is 1. The van der Waals surface area contributed by atoms with Crippen molar-refractivity contribution in [2.45, 2.75) is 19.1 Å². The van der Waals surface area contributed by atoms with Gasteiger partial charge < -0.3 is 15.7 Å². The van der Waals surface area contributed by atoms with E-state index in [0.29, 0.717) is 18.0 Å². The molecule has 2 amide bonds. The van der Waals surface area contributed by atoms with Gasteiger partial charge >= 0.3 is 6.03 Å². The van der Waals surface area contributed by atoms with Crippen LogP contribution in [0.25, 0.3) is 0 Å². The van der Waals surface area contributed by atoms with E-state index in [9.17, 15) is 9.90 Å². The number of urea groups is 1. The summed E-state index contributed by atoms with van der Waals surface area (Å²) >= 11 is 5.80. The topological polar surface area (TPSA) is 61.4 Å². The van der Waals surface area contributed by atoms with Crippen LogP contribution >= 0.6 is 11.6 Å². The largest absolute Gasteiger partial charge is 0.391 e. The van der Waals surface area contributed by atoms with Gasteiger partial charge in [0.1, 0.15) is 0 Å². The summed E-state index contributed by atoms with van der Waals surface area (Å²) < 4.78 is 0. The summed E-state index contributed by atoms with van der Waals surface area (Å²) in [7, 11) is 0. The minimum absolute atomic E-state index is 0.210. The van der Waals surface area contributed by atoms with Crippen molar-refractivity contribution in [3.63, 3.8) is 0 Å². The number of benzene rings is 2. The Labute approximate surface area is 135 Å². The van der Waals surface area contributed by atoms with Crippen molar-refractivity contribution in [1.29, 1.82) is 0 Å². The predicted octanol–water partition coefficient (Wildman–Crippen LogP) is 2.74. The van der Waals surface area contributed by atoms with Gasteiger partial charge in [-0.05, 0) is 23.3 Å². The van der Waals surface area contributed by atoms with Crippen LogP contribution in [-0.2, 0) is 13.0 Å². The van der Waals surface area contributed by atoms with Crippen LogP contribution in [0, 0.1) is 0 Å². The number of nitrogens with one attached hydrogen (secondary N) is 2. The molecular formula is C17H19ClN2O2. The maximum absolute atomic E-state index is 11.7. The summed E-state index contributed by atoms with van der Waals surface area (Å²) in [6, 6.07) is 16.6. The third-order valence-electron chi connectivity index (χ3n) is 3.18. The fourth-order valence-corrected chi connectivity index (χ4v) is 2.14. The Hall–Kier alpha value is -2.04.